The van der Waals surface area contributed by atoms with Gasteiger partial charge in [-0.25, -0.2) is 4.79 Å². The lowest BCUT2D eigenvalue weighted by Gasteiger charge is -2.33. The summed E-state index contributed by atoms with van der Waals surface area (Å²) in [6, 6.07) is 10.6. The van der Waals surface area contributed by atoms with E-state index in [0.29, 0.717) is 6.54 Å². The number of amides is 2. The van der Waals surface area contributed by atoms with Crippen LogP contribution >= 0.6 is 0 Å². The van der Waals surface area contributed by atoms with Crippen molar-refractivity contribution >= 4 is 6.03 Å². The minimum Gasteiger partial charge on any atom is -0.392 e. The van der Waals surface area contributed by atoms with Gasteiger partial charge in [-0.3, -0.25) is 4.90 Å². The smallest absolute Gasteiger partial charge is 0.317 e. The van der Waals surface area contributed by atoms with Crippen molar-refractivity contribution in [3.63, 3.8) is 0 Å². The third-order valence-corrected chi connectivity index (χ3v) is 4.05. The van der Waals surface area contributed by atoms with Crippen molar-refractivity contribution in [1.82, 2.24) is 15.1 Å². The summed E-state index contributed by atoms with van der Waals surface area (Å²) in [4.78, 5) is 16.0. The van der Waals surface area contributed by atoms with Gasteiger partial charge in [-0.15, -0.1) is 0 Å². The molecule has 1 fully saturated rings. The number of nitrogens with zero attached hydrogens (tertiary/aromatic N) is 2. The zero-order chi connectivity index (χ0) is 15.9. The van der Waals surface area contributed by atoms with Crippen molar-refractivity contribution in [3.05, 3.63) is 35.9 Å². The minimum atomic E-state index is -0.497. The lowest BCUT2D eigenvalue weighted by molar-refractivity contribution is 0.137. The van der Waals surface area contributed by atoms with Crippen LogP contribution in [0, 0.1) is 0 Å². The van der Waals surface area contributed by atoms with Crippen molar-refractivity contribution in [2.45, 2.75) is 38.5 Å². The lowest BCUT2D eigenvalue weighted by atomic mass is 10.0. The highest BCUT2D eigenvalue weighted by Crippen LogP contribution is 2.14. The van der Waals surface area contributed by atoms with Crippen LogP contribution in [0.25, 0.3) is 0 Å². The molecule has 1 saturated heterocycles. The molecule has 2 N–H and O–H groups in total. The fraction of sp³-hybridized carbons (Fsp3) is 0.588. The molecule has 0 bridgehead atoms. The second-order valence-corrected chi connectivity index (χ2v) is 6.22. The fourth-order valence-electron chi connectivity index (χ4n) is 2.84. The van der Waals surface area contributed by atoms with Crippen molar-refractivity contribution in [2.24, 2.45) is 0 Å². The molecule has 1 heterocycles. The molecule has 122 valence electrons. The molecular weight excluding hydrogens is 278 g/mol. The number of urea groups is 1. The van der Waals surface area contributed by atoms with Gasteiger partial charge in [0, 0.05) is 39.3 Å². The average Bonchev–Trinajstić information content (AvgIpc) is 2.49. The van der Waals surface area contributed by atoms with Gasteiger partial charge in [0.25, 0.3) is 0 Å². The topological polar surface area (TPSA) is 55.8 Å². The third kappa shape index (κ3) is 5.31. The van der Waals surface area contributed by atoms with E-state index < -0.39 is 6.10 Å². The molecule has 1 unspecified atom stereocenters. The number of aliphatic hydroxyl groups excluding tert-OH is 1. The number of aliphatic hydroxyl groups is 1. The Kier molecular flexibility index (Phi) is 6.21. The second-order valence-electron chi connectivity index (χ2n) is 6.22. The fourth-order valence-corrected chi connectivity index (χ4v) is 2.84. The molecule has 1 aromatic carbocycles. The first-order valence-electron chi connectivity index (χ1n) is 8.00. The molecule has 2 amide bonds. The summed E-state index contributed by atoms with van der Waals surface area (Å²) in [5.41, 5.74) is 1.33. The first-order chi connectivity index (χ1) is 10.5. The lowest BCUT2D eigenvalue weighted by Crippen LogP contribution is -2.49. The molecule has 1 atom stereocenters. The predicted molar refractivity (Wildman–Crippen MR) is 87.6 cm³/mol. The Morgan fingerprint density at radius 3 is 2.59 bits per heavy atom. The predicted octanol–water partition coefficient (Wildman–Crippen LogP) is 1.67. The molecule has 0 spiro atoms. The summed E-state index contributed by atoms with van der Waals surface area (Å²) in [7, 11) is 1.71. The van der Waals surface area contributed by atoms with E-state index in [-0.39, 0.29) is 12.1 Å². The standard InChI is InChI=1S/C17H27N3O2/c1-14(21)12-19(2)17(22)18-16-8-10-20(11-9-16)13-15-6-4-3-5-7-15/h3-7,14,16,21H,8-13H2,1-2H3,(H,18,22). The number of benzene rings is 1. The van der Waals surface area contributed by atoms with Crippen LogP contribution in [0.4, 0.5) is 4.79 Å². The van der Waals surface area contributed by atoms with Crippen LogP contribution in [0.2, 0.25) is 0 Å². The highest BCUT2D eigenvalue weighted by molar-refractivity contribution is 5.74. The van der Waals surface area contributed by atoms with Crippen LogP contribution in [-0.4, -0.2) is 59.8 Å². The second kappa shape index (κ2) is 8.15. The largest absolute Gasteiger partial charge is 0.392 e. The Morgan fingerprint density at radius 2 is 2.00 bits per heavy atom. The first-order valence-corrected chi connectivity index (χ1v) is 8.00. The van der Waals surface area contributed by atoms with E-state index in [1.807, 2.05) is 6.07 Å². The number of piperidine rings is 1. The van der Waals surface area contributed by atoms with Gasteiger partial charge in [-0.1, -0.05) is 30.3 Å². The molecule has 1 aliphatic rings. The van der Waals surface area contributed by atoms with Crippen molar-refractivity contribution in [3.8, 4) is 0 Å². The maximum atomic E-state index is 12.0. The minimum absolute atomic E-state index is 0.0950. The highest BCUT2D eigenvalue weighted by atomic mass is 16.3. The molecule has 5 heteroatoms. The molecule has 1 aromatic rings. The maximum absolute atomic E-state index is 12.0. The number of carbonyl (C=O) groups is 1. The number of likely N-dealkylation sites (tertiary alicyclic amines) is 1. The molecule has 2 rings (SSSR count). The number of hydrogen-bond donors (Lipinski definition) is 2. The zero-order valence-electron chi connectivity index (χ0n) is 13.5. The zero-order valence-corrected chi connectivity index (χ0v) is 13.5. The van der Waals surface area contributed by atoms with Gasteiger partial charge in [0.05, 0.1) is 6.10 Å². The van der Waals surface area contributed by atoms with Gasteiger partial charge in [-0.05, 0) is 25.3 Å². The van der Waals surface area contributed by atoms with Crippen LogP contribution in [-0.2, 0) is 6.54 Å². The number of nitrogens with one attached hydrogen (secondary N) is 1. The summed E-state index contributed by atoms with van der Waals surface area (Å²) in [5.74, 6) is 0. The average molecular weight is 305 g/mol. The van der Waals surface area contributed by atoms with E-state index in [1.54, 1.807) is 18.9 Å². The first kappa shape index (κ1) is 16.8. The molecule has 5 nitrogen and oxygen atoms in total. The van der Waals surface area contributed by atoms with Crippen LogP contribution in [0.3, 0.4) is 0 Å². The molecule has 0 saturated carbocycles. The number of rotatable bonds is 5. The van der Waals surface area contributed by atoms with E-state index in [0.717, 1.165) is 32.5 Å². The Balaban J connectivity index is 1.72. The summed E-state index contributed by atoms with van der Waals surface area (Å²) in [6.45, 7) is 5.02. The maximum Gasteiger partial charge on any atom is 0.317 e. The van der Waals surface area contributed by atoms with E-state index >= 15 is 0 Å². The van der Waals surface area contributed by atoms with Crippen molar-refractivity contribution in [1.29, 1.82) is 0 Å². The van der Waals surface area contributed by atoms with Crippen molar-refractivity contribution < 1.29 is 9.90 Å². The van der Waals surface area contributed by atoms with E-state index in [1.165, 1.54) is 5.56 Å². The van der Waals surface area contributed by atoms with E-state index in [4.69, 9.17) is 0 Å². The van der Waals surface area contributed by atoms with Crippen molar-refractivity contribution in [2.75, 3.05) is 26.7 Å². The van der Waals surface area contributed by atoms with Gasteiger partial charge in [0.1, 0.15) is 0 Å². The van der Waals surface area contributed by atoms with Crippen LogP contribution < -0.4 is 5.32 Å². The molecule has 22 heavy (non-hydrogen) atoms. The monoisotopic (exact) mass is 305 g/mol. The van der Waals surface area contributed by atoms with E-state index in [2.05, 4.69) is 34.5 Å². The van der Waals surface area contributed by atoms with Crippen LogP contribution in [0.15, 0.2) is 30.3 Å². The SMILES string of the molecule is CC(O)CN(C)C(=O)NC1CCN(Cc2ccccc2)CC1. The van der Waals surface area contributed by atoms with Gasteiger partial charge in [-0.2, -0.15) is 0 Å². The molecule has 0 radical (unpaired) electrons. The Labute approximate surface area is 132 Å². The quantitative estimate of drug-likeness (QED) is 0.870. The van der Waals surface area contributed by atoms with Gasteiger partial charge >= 0.3 is 6.03 Å². The van der Waals surface area contributed by atoms with Gasteiger partial charge in [0.2, 0.25) is 0 Å². The Morgan fingerprint density at radius 1 is 1.36 bits per heavy atom. The molecule has 1 aliphatic heterocycles. The highest BCUT2D eigenvalue weighted by Gasteiger charge is 2.22. The molecule has 0 aliphatic carbocycles. The summed E-state index contributed by atoms with van der Waals surface area (Å²) >= 11 is 0. The summed E-state index contributed by atoms with van der Waals surface area (Å²) < 4.78 is 0. The third-order valence-electron chi connectivity index (χ3n) is 4.05. The number of likely N-dealkylation sites (N-methyl/N-ethyl adjacent to an activating group) is 1. The van der Waals surface area contributed by atoms with Crippen LogP contribution in [0.1, 0.15) is 25.3 Å². The number of carbonyl (C=O) groups excluding carboxylic acids is 1. The van der Waals surface area contributed by atoms with Gasteiger partial charge < -0.3 is 15.3 Å². The summed E-state index contributed by atoms with van der Waals surface area (Å²) in [6.07, 6.45) is 1.45. The Hall–Kier alpha value is -1.59. The normalized spacial score (nSPS) is 18.0. The van der Waals surface area contributed by atoms with Gasteiger partial charge in [0.15, 0.2) is 0 Å². The molecule has 0 aromatic heterocycles. The summed E-state index contributed by atoms with van der Waals surface area (Å²) in [5, 5.41) is 12.4. The number of hydrogen-bond acceptors (Lipinski definition) is 3. The molecular formula is C17H27N3O2. The Bertz CT molecular complexity index is 456. The van der Waals surface area contributed by atoms with Crippen LogP contribution in [0.5, 0.6) is 0 Å². The van der Waals surface area contributed by atoms with E-state index in [9.17, 15) is 9.90 Å².